The van der Waals surface area contributed by atoms with Crippen molar-refractivity contribution in [2.45, 2.75) is 31.2 Å². The summed E-state index contributed by atoms with van der Waals surface area (Å²) in [4.78, 5) is 13.6. The van der Waals surface area contributed by atoms with E-state index in [0.717, 1.165) is 28.8 Å². The summed E-state index contributed by atoms with van der Waals surface area (Å²) in [6.07, 6.45) is 2.05. The number of pyridine rings is 1. The number of aryl methyl sites for hydroxylation is 1. The summed E-state index contributed by atoms with van der Waals surface area (Å²) in [5, 5.41) is 0.876. The van der Waals surface area contributed by atoms with Gasteiger partial charge in [-0.05, 0) is 18.1 Å². The summed E-state index contributed by atoms with van der Waals surface area (Å²) in [7, 11) is 0. The van der Waals surface area contributed by atoms with E-state index in [4.69, 9.17) is 0 Å². The first-order chi connectivity index (χ1) is 8.18. The fourth-order valence-corrected chi connectivity index (χ4v) is 3.45. The molecule has 0 saturated carbocycles. The Morgan fingerprint density at radius 2 is 2.18 bits per heavy atom. The van der Waals surface area contributed by atoms with E-state index in [1.165, 1.54) is 4.90 Å². The predicted molar refractivity (Wildman–Crippen MR) is 73.0 cm³/mol. The number of hydrogen-bond acceptors (Lipinski definition) is 2. The lowest BCUT2D eigenvalue weighted by Crippen LogP contribution is -2.18. The van der Waals surface area contributed by atoms with Crippen LogP contribution < -0.4 is 5.43 Å². The molecule has 0 unspecified atom stereocenters. The van der Waals surface area contributed by atoms with Gasteiger partial charge in [-0.3, -0.25) is 4.79 Å². The average Bonchev–Trinajstić information content (AvgIpc) is 2.33. The van der Waals surface area contributed by atoms with Crippen molar-refractivity contribution < 1.29 is 0 Å². The highest BCUT2D eigenvalue weighted by Gasteiger charge is 2.16. The highest BCUT2D eigenvalue weighted by Crippen LogP contribution is 2.31. The molecule has 0 saturated heterocycles. The average molecular weight is 245 g/mol. The zero-order valence-corrected chi connectivity index (χ0v) is 10.9. The number of benzene rings is 1. The van der Waals surface area contributed by atoms with Gasteiger partial charge in [-0.15, -0.1) is 11.8 Å². The van der Waals surface area contributed by atoms with Crippen molar-refractivity contribution in [3.63, 3.8) is 0 Å². The second-order valence-corrected chi connectivity index (χ2v) is 5.90. The molecule has 0 radical (unpaired) electrons. The number of aromatic nitrogens is 1. The van der Waals surface area contributed by atoms with Crippen LogP contribution in [0.3, 0.4) is 0 Å². The highest BCUT2D eigenvalue weighted by molar-refractivity contribution is 7.99. The van der Waals surface area contributed by atoms with Gasteiger partial charge in [0, 0.05) is 34.3 Å². The van der Waals surface area contributed by atoms with E-state index in [-0.39, 0.29) is 11.3 Å². The maximum atomic E-state index is 12.4. The van der Waals surface area contributed by atoms with E-state index in [1.807, 2.05) is 23.9 Å². The van der Waals surface area contributed by atoms with Gasteiger partial charge in [-0.2, -0.15) is 0 Å². The van der Waals surface area contributed by atoms with Crippen molar-refractivity contribution in [3.8, 4) is 0 Å². The van der Waals surface area contributed by atoms with E-state index in [2.05, 4.69) is 30.7 Å². The Bertz CT molecular complexity index is 642. The van der Waals surface area contributed by atoms with Gasteiger partial charge in [-0.25, -0.2) is 0 Å². The van der Waals surface area contributed by atoms with Crippen molar-refractivity contribution in [2.24, 2.45) is 0 Å². The molecular weight excluding hydrogens is 230 g/mol. The third-order valence-corrected chi connectivity index (χ3v) is 4.33. The molecule has 0 aliphatic carbocycles. The number of para-hydroxylation sites is 1. The summed E-state index contributed by atoms with van der Waals surface area (Å²) < 4.78 is 2.25. The van der Waals surface area contributed by atoms with Crippen LogP contribution in [0.1, 0.15) is 25.3 Å². The Labute approximate surface area is 105 Å². The molecule has 3 rings (SSSR count). The number of thioether (sulfide) groups is 1. The second-order valence-electron chi connectivity index (χ2n) is 4.76. The van der Waals surface area contributed by atoms with E-state index in [9.17, 15) is 4.79 Å². The molecule has 2 nitrogen and oxygen atoms in total. The normalized spacial score (nSPS) is 14.5. The van der Waals surface area contributed by atoms with Crippen molar-refractivity contribution in [1.29, 1.82) is 0 Å². The molecule has 1 aromatic carbocycles. The van der Waals surface area contributed by atoms with Crippen LogP contribution in [-0.4, -0.2) is 10.3 Å². The van der Waals surface area contributed by atoms with Gasteiger partial charge in [0.25, 0.3) is 0 Å². The zero-order valence-electron chi connectivity index (χ0n) is 10.1. The minimum absolute atomic E-state index is 0.204. The van der Waals surface area contributed by atoms with E-state index >= 15 is 0 Å². The van der Waals surface area contributed by atoms with Gasteiger partial charge in [0.1, 0.15) is 0 Å². The minimum Gasteiger partial charge on any atom is -0.345 e. The zero-order chi connectivity index (χ0) is 12.0. The topological polar surface area (TPSA) is 22.0 Å². The van der Waals surface area contributed by atoms with Gasteiger partial charge in [-0.1, -0.05) is 19.9 Å². The van der Waals surface area contributed by atoms with Crippen LogP contribution in [0.5, 0.6) is 0 Å². The first-order valence-electron chi connectivity index (χ1n) is 5.97. The van der Waals surface area contributed by atoms with Gasteiger partial charge < -0.3 is 4.57 Å². The fraction of sp³-hybridized carbons (Fsp3) is 0.357. The molecule has 0 amide bonds. The Hall–Kier alpha value is -1.22. The molecule has 2 aromatic rings. The van der Waals surface area contributed by atoms with Crippen LogP contribution in [0.2, 0.25) is 0 Å². The Morgan fingerprint density at radius 1 is 1.35 bits per heavy atom. The van der Waals surface area contributed by atoms with Crippen molar-refractivity contribution in [2.75, 3.05) is 5.75 Å². The standard InChI is InChI=1S/C14H15NOS/c1-9(2)11-8-15-6-7-17-12-5-3-4-10(13(12)15)14(11)16/h3-5,8-9H,6-7H2,1-2H3. The lowest BCUT2D eigenvalue weighted by molar-refractivity contribution is 0.750. The van der Waals surface area contributed by atoms with E-state index < -0.39 is 0 Å². The first kappa shape index (κ1) is 10.9. The molecule has 0 spiro atoms. The maximum Gasteiger partial charge on any atom is 0.192 e. The van der Waals surface area contributed by atoms with Gasteiger partial charge >= 0.3 is 0 Å². The minimum atomic E-state index is 0.204. The molecule has 0 atom stereocenters. The smallest absolute Gasteiger partial charge is 0.192 e. The molecular formula is C14H15NOS. The molecule has 3 heteroatoms. The summed E-state index contributed by atoms with van der Waals surface area (Å²) in [6, 6.07) is 6.05. The van der Waals surface area contributed by atoms with Crippen LogP contribution >= 0.6 is 11.8 Å². The third-order valence-electron chi connectivity index (χ3n) is 3.30. The molecule has 1 aromatic heterocycles. The predicted octanol–water partition coefficient (Wildman–Crippen LogP) is 3.23. The maximum absolute atomic E-state index is 12.4. The number of hydrogen-bond donors (Lipinski definition) is 0. The lowest BCUT2D eigenvalue weighted by atomic mass is 10.0. The molecule has 88 valence electrons. The first-order valence-corrected chi connectivity index (χ1v) is 6.96. The monoisotopic (exact) mass is 245 g/mol. The van der Waals surface area contributed by atoms with Crippen LogP contribution in [0, 0.1) is 0 Å². The fourth-order valence-electron chi connectivity index (χ4n) is 2.41. The lowest BCUT2D eigenvalue weighted by Gasteiger charge is -2.21. The van der Waals surface area contributed by atoms with Crippen LogP contribution in [0.4, 0.5) is 0 Å². The highest BCUT2D eigenvalue weighted by atomic mass is 32.2. The van der Waals surface area contributed by atoms with Crippen LogP contribution in [0.25, 0.3) is 10.9 Å². The Balaban J connectivity index is 2.47. The third kappa shape index (κ3) is 1.61. The Kier molecular flexibility index (Phi) is 2.51. The second kappa shape index (κ2) is 3.91. The van der Waals surface area contributed by atoms with Gasteiger partial charge in [0.2, 0.25) is 0 Å². The quantitative estimate of drug-likeness (QED) is 0.769. The summed E-state index contributed by atoms with van der Waals surface area (Å²) in [5.74, 6) is 1.38. The van der Waals surface area contributed by atoms with Gasteiger partial charge in [0.05, 0.1) is 5.52 Å². The summed E-state index contributed by atoms with van der Waals surface area (Å²) >= 11 is 1.84. The number of rotatable bonds is 1. The summed E-state index contributed by atoms with van der Waals surface area (Å²) in [6.45, 7) is 5.16. The van der Waals surface area contributed by atoms with Gasteiger partial charge in [0.15, 0.2) is 5.43 Å². The molecule has 1 aliphatic rings. The summed E-state index contributed by atoms with van der Waals surface area (Å²) in [5.41, 5.74) is 2.26. The largest absolute Gasteiger partial charge is 0.345 e. The Morgan fingerprint density at radius 3 is 2.94 bits per heavy atom. The van der Waals surface area contributed by atoms with E-state index in [1.54, 1.807) is 0 Å². The molecule has 0 fully saturated rings. The molecule has 17 heavy (non-hydrogen) atoms. The SMILES string of the molecule is CC(C)c1cn2c3c(cccc3c1=O)SCC2. The molecule has 2 heterocycles. The molecule has 0 bridgehead atoms. The number of nitrogens with zero attached hydrogens (tertiary/aromatic N) is 1. The molecule has 1 aliphatic heterocycles. The van der Waals surface area contributed by atoms with Crippen molar-refractivity contribution in [3.05, 3.63) is 40.2 Å². The van der Waals surface area contributed by atoms with Crippen LogP contribution in [-0.2, 0) is 6.54 Å². The van der Waals surface area contributed by atoms with E-state index in [0.29, 0.717) is 0 Å². The molecule has 0 N–H and O–H groups in total. The van der Waals surface area contributed by atoms with Crippen molar-refractivity contribution >= 4 is 22.7 Å². The van der Waals surface area contributed by atoms with Crippen LogP contribution in [0.15, 0.2) is 34.1 Å². The van der Waals surface area contributed by atoms with Crippen molar-refractivity contribution in [1.82, 2.24) is 4.57 Å².